The summed E-state index contributed by atoms with van der Waals surface area (Å²) in [5.41, 5.74) is 2.38. The lowest BCUT2D eigenvalue weighted by Gasteiger charge is -2.28. The molecule has 0 spiro atoms. The lowest BCUT2D eigenvalue weighted by molar-refractivity contribution is -0.155. The number of hydrogen-bond donors (Lipinski definition) is 1. The molecule has 0 radical (unpaired) electrons. The van der Waals surface area contributed by atoms with Crippen LogP contribution in [0, 0.1) is 5.92 Å². The highest BCUT2D eigenvalue weighted by Gasteiger charge is 2.28. The first-order valence-corrected chi connectivity index (χ1v) is 7.35. The smallest absolute Gasteiger partial charge is 0.311 e. The molecule has 1 aromatic carbocycles. The fourth-order valence-corrected chi connectivity index (χ4v) is 3.05. The summed E-state index contributed by atoms with van der Waals surface area (Å²) >= 11 is 0. The summed E-state index contributed by atoms with van der Waals surface area (Å²) in [5.74, 6) is -0.0503. The Kier molecular flexibility index (Phi) is 3.72. The van der Waals surface area contributed by atoms with Crippen molar-refractivity contribution < 1.29 is 9.53 Å². The molecule has 1 heterocycles. The molecule has 1 fully saturated rings. The lowest BCUT2D eigenvalue weighted by Crippen LogP contribution is -2.34. The summed E-state index contributed by atoms with van der Waals surface area (Å²) in [6, 6.07) is 8.20. The molecule has 0 aromatic heterocycles. The molecule has 102 valence electrons. The van der Waals surface area contributed by atoms with Crippen molar-refractivity contribution in [3.63, 3.8) is 0 Å². The van der Waals surface area contributed by atoms with Gasteiger partial charge in [0, 0.05) is 12.2 Å². The van der Waals surface area contributed by atoms with Crippen LogP contribution in [0.3, 0.4) is 0 Å². The second kappa shape index (κ2) is 5.64. The highest BCUT2D eigenvalue weighted by Crippen LogP contribution is 2.27. The number of carbonyl (C=O) groups is 1. The Bertz CT molecular complexity index is 452. The number of ether oxygens (including phenoxy) is 1. The Morgan fingerprint density at radius 1 is 1.16 bits per heavy atom. The van der Waals surface area contributed by atoms with Crippen LogP contribution < -0.4 is 5.32 Å². The van der Waals surface area contributed by atoms with E-state index in [0.717, 1.165) is 24.9 Å². The molecule has 0 saturated heterocycles. The molecule has 19 heavy (non-hydrogen) atoms. The molecule has 0 bridgehead atoms. The van der Waals surface area contributed by atoms with Crippen LogP contribution >= 0.6 is 0 Å². The Labute approximate surface area is 114 Å². The van der Waals surface area contributed by atoms with Crippen LogP contribution in [-0.4, -0.2) is 18.6 Å². The summed E-state index contributed by atoms with van der Waals surface area (Å²) < 4.78 is 5.67. The van der Waals surface area contributed by atoms with Crippen LogP contribution in [0.4, 0.5) is 5.69 Å². The molecular formula is C16H21NO2. The Hall–Kier alpha value is -1.51. The zero-order valence-corrected chi connectivity index (χ0v) is 11.2. The molecule has 1 aliphatic heterocycles. The third-order valence-electron chi connectivity index (χ3n) is 4.19. The summed E-state index contributed by atoms with van der Waals surface area (Å²) in [5, 5.41) is 3.33. The van der Waals surface area contributed by atoms with E-state index in [1.54, 1.807) is 0 Å². The second-order valence-corrected chi connectivity index (χ2v) is 5.64. The minimum Gasteiger partial charge on any atom is -0.462 e. The monoisotopic (exact) mass is 259 g/mol. The fourth-order valence-electron chi connectivity index (χ4n) is 3.05. The highest BCUT2D eigenvalue weighted by atomic mass is 16.5. The molecule has 1 atom stereocenters. The average molecular weight is 259 g/mol. The first-order valence-electron chi connectivity index (χ1n) is 7.35. The van der Waals surface area contributed by atoms with Gasteiger partial charge in [0.1, 0.15) is 6.10 Å². The van der Waals surface area contributed by atoms with Gasteiger partial charge >= 0.3 is 5.97 Å². The summed E-state index contributed by atoms with van der Waals surface area (Å²) in [7, 11) is 0. The highest BCUT2D eigenvalue weighted by molar-refractivity contribution is 5.75. The Morgan fingerprint density at radius 2 is 1.95 bits per heavy atom. The van der Waals surface area contributed by atoms with Gasteiger partial charge in [-0.3, -0.25) is 4.79 Å². The van der Waals surface area contributed by atoms with Gasteiger partial charge in [0.15, 0.2) is 0 Å². The number of para-hydroxylation sites is 1. The first-order chi connectivity index (χ1) is 9.33. The van der Waals surface area contributed by atoms with Crippen LogP contribution in [0.25, 0.3) is 0 Å². The van der Waals surface area contributed by atoms with Crippen molar-refractivity contribution >= 4 is 11.7 Å². The third kappa shape index (κ3) is 2.91. The van der Waals surface area contributed by atoms with E-state index in [4.69, 9.17) is 4.74 Å². The van der Waals surface area contributed by atoms with E-state index in [1.165, 1.54) is 24.8 Å². The van der Waals surface area contributed by atoms with Crippen molar-refractivity contribution in [2.75, 3.05) is 11.9 Å². The normalized spacial score (nSPS) is 23.3. The number of nitrogens with one attached hydrogen (secondary N) is 1. The Balaban J connectivity index is 1.59. The van der Waals surface area contributed by atoms with Gasteiger partial charge in [0.05, 0.1) is 5.92 Å². The number of esters is 1. The van der Waals surface area contributed by atoms with E-state index in [-0.39, 0.29) is 18.0 Å². The van der Waals surface area contributed by atoms with E-state index in [9.17, 15) is 4.79 Å². The molecule has 1 N–H and O–H groups in total. The quantitative estimate of drug-likeness (QED) is 0.829. The molecule has 3 heteroatoms. The zero-order chi connectivity index (χ0) is 13.1. The van der Waals surface area contributed by atoms with Gasteiger partial charge in [-0.15, -0.1) is 0 Å². The van der Waals surface area contributed by atoms with Gasteiger partial charge < -0.3 is 10.1 Å². The number of hydrogen-bond acceptors (Lipinski definition) is 3. The molecule has 3 nitrogen and oxygen atoms in total. The number of fused-ring (bicyclic) bond motifs is 1. The predicted molar refractivity (Wildman–Crippen MR) is 75.1 cm³/mol. The van der Waals surface area contributed by atoms with Gasteiger partial charge in [0.2, 0.25) is 0 Å². The number of benzene rings is 1. The van der Waals surface area contributed by atoms with Crippen LogP contribution in [0.5, 0.6) is 0 Å². The first kappa shape index (κ1) is 12.5. The number of rotatable bonds is 2. The number of carbonyl (C=O) groups excluding carboxylic acids is 1. The maximum Gasteiger partial charge on any atom is 0.311 e. The van der Waals surface area contributed by atoms with Crippen molar-refractivity contribution in [2.24, 2.45) is 5.92 Å². The predicted octanol–water partition coefficient (Wildman–Crippen LogP) is 3.15. The molecule has 1 unspecified atom stereocenters. The van der Waals surface area contributed by atoms with Crippen molar-refractivity contribution in [1.29, 1.82) is 0 Å². The molecule has 1 saturated carbocycles. The molecule has 3 rings (SSSR count). The van der Waals surface area contributed by atoms with Crippen molar-refractivity contribution in [3.05, 3.63) is 29.8 Å². The van der Waals surface area contributed by atoms with E-state index < -0.39 is 0 Å². The molecule has 1 aromatic rings. The topological polar surface area (TPSA) is 38.3 Å². The van der Waals surface area contributed by atoms with Crippen molar-refractivity contribution in [3.8, 4) is 0 Å². The van der Waals surface area contributed by atoms with Gasteiger partial charge in [-0.1, -0.05) is 24.6 Å². The van der Waals surface area contributed by atoms with E-state index >= 15 is 0 Å². The molecule has 0 amide bonds. The van der Waals surface area contributed by atoms with Crippen molar-refractivity contribution in [2.45, 2.75) is 44.6 Å². The third-order valence-corrected chi connectivity index (χ3v) is 4.19. The van der Waals surface area contributed by atoms with Crippen molar-refractivity contribution in [1.82, 2.24) is 0 Å². The average Bonchev–Trinajstić information content (AvgIpc) is 2.48. The van der Waals surface area contributed by atoms with Crippen LogP contribution in [0.2, 0.25) is 0 Å². The zero-order valence-electron chi connectivity index (χ0n) is 11.2. The largest absolute Gasteiger partial charge is 0.462 e. The van der Waals surface area contributed by atoms with E-state index in [0.29, 0.717) is 6.54 Å². The number of anilines is 1. The van der Waals surface area contributed by atoms with E-state index in [2.05, 4.69) is 17.4 Å². The lowest BCUT2D eigenvalue weighted by atomic mass is 9.93. The maximum atomic E-state index is 12.2. The molecule has 2 aliphatic rings. The molecular weight excluding hydrogens is 238 g/mol. The van der Waals surface area contributed by atoms with E-state index in [1.807, 2.05) is 12.1 Å². The van der Waals surface area contributed by atoms with Gasteiger partial charge in [-0.25, -0.2) is 0 Å². The van der Waals surface area contributed by atoms with Crippen LogP contribution in [-0.2, 0) is 16.0 Å². The van der Waals surface area contributed by atoms with Crippen LogP contribution in [0.15, 0.2) is 24.3 Å². The summed E-state index contributed by atoms with van der Waals surface area (Å²) in [6.07, 6.45) is 6.73. The second-order valence-electron chi connectivity index (χ2n) is 5.64. The standard InChI is InChI=1S/C16H21NO2/c18-16(19-14-7-2-1-3-8-14)13-10-12-6-4-5-9-15(12)17-11-13/h4-6,9,13-14,17H,1-3,7-8,10-11H2. The summed E-state index contributed by atoms with van der Waals surface area (Å²) in [4.78, 5) is 12.2. The van der Waals surface area contributed by atoms with Gasteiger partial charge in [-0.2, -0.15) is 0 Å². The van der Waals surface area contributed by atoms with Gasteiger partial charge in [0.25, 0.3) is 0 Å². The molecule has 1 aliphatic carbocycles. The minimum atomic E-state index is -0.0307. The Morgan fingerprint density at radius 3 is 2.79 bits per heavy atom. The minimum absolute atomic E-state index is 0.0195. The SMILES string of the molecule is O=C(OC1CCCCC1)C1CNc2ccccc2C1. The fraction of sp³-hybridized carbons (Fsp3) is 0.562. The van der Waals surface area contributed by atoms with Crippen LogP contribution in [0.1, 0.15) is 37.7 Å². The van der Waals surface area contributed by atoms with Gasteiger partial charge in [-0.05, 0) is 43.7 Å². The summed E-state index contributed by atoms with van der Waals surface area (Å²) in [6.45, 7) is 0.697. The maximum absolute atomic E-state index is 12.2.